The molecule has 3 aromatic rings. The summed E-state index contributed by atoms with van der Waals surface area (Å²) in [6.45, 7) is 4.04. The van der Waals surface area contributed by atoms with Crippen LogP contribution in [0.4, 0.5) is 5.69 Å². The average molecular weight is 475 g/mol. The number of benzene rings is 3. The van der Waals surface area contributed by atoms with Crippen molar-refractivity contribution in [3.05, 3.63) is 83.4 Å². The van der Waals surface area contributed by atoms with Gasteiger partial charge in [-0.25, -0.2) is 0 Å². The van der Waals surface area contributed by atoms with Gasteiger partial charge in [0.1, 0.15) is 5.75 Å². The number of fused-ring (bicyclic) bond motifs is 4. The summed E-state index contributed by atoms with van der Waals surface area (Å²) in [6, 6.07) is 20.7. The van der Waals surface area contributed by atoms with Gasteiger partial charge in [-0.3, -0.25) is 14.6 Å². The van der Waals surface area contributed by atoms with Crippen LogP contribution in [0.2, 0.25) is 0 Å². The lowest BCUT2D eigenvalue weighted by Gasteiger charge is -2.55. The maximum atomic E-state index is 14.0. The van der Waals surface area contributed by atoms with Crippen LogP contribution in [-0.4, -0.2) is 35.9 Å². The Hall–Kier alpha value is -3.58. The summed E-state index contributed by atoms with van der Waals surface area (Å²) in [7, 11) is 3.18. The average Bonchev–Trinajstić information content (AvgIpc) is 2.84. The van der Waals surface area contributed by atoms with Crippen molar-refractivity contribution in [1.29, 1.82) is 0 Å². The van der Waals surface area contributed by atoms with Gasteiger partial charge in [-0.05, 0) is 56.4 Å². The van der Waals surface area contributed by atoms with Gasteiger partial charge in [0.2, 0.25) is 0 Å². The number of methoxy groups -OCH3 is 2. The summed E-state index contributed by atoms with van der Waals surface area (Å²) < 4.78 is 17.7. The number of nitrogens with zero attached hydrogens (tertiary/aromatic N) is 2. The molecule has 0 saturated carbocycles. The number of ether oxygens (including phenoxy) is 3. The Morgan fingerprint density at radius 1 is 1.00 bits per heavy atom. The van der Waals surface area contributed by atoms with E-state index in [1.807, 2.05) is 73.3 Å². The predicted molar refractivity (Wildman–Crippen MR) is 135 cm³/mol. The number of rotatable bonds is 4. The van der Waals surface area contributed by atoms with Crippen molar-refractivity contribution in [2.24, 2.45) is 0 Å². The molecule has 2 heterocycles. The van der Waals surface area contributed by atoms with Crippen LogP contribution in [0.3, 0.4) is 0 Å². The van der Waals surface area contributed by atoms with Crippen molar-refractivity contribution >= 4 is 28.9 Å². The number of thiocarbonyl (C=S) groups is 1. The van der Waals surface area contributed by atoms with E-state index in [0.717, 1.165) is 16.8 Å². The van der Waals surface area contributed by atoms with E-state index < -0.39 is 5.72 Å². The lowest BCUT2D eigenvalue weighted by Crippen LogP contribution is -2.67. The number of carbonyl (C=O) groups excluding carboxylic acids is 1. The lowest BCUT2D eigenvalue weighted by atomic mass is 9.88. The highest BCUT2D eigenvalue weighted by molar-refractivity contribution is 7.80. The second-order valence-corrected chi connectivity index (χ2v) is 9.07. The third-order valence-corrected chi connectivity index (χ3v) is 6.89. The molecule has 5 rings (SSSR count). The minimum absolute atomic E-state index is 0.220. The predicted octanol–water partition coefficient (Wildman–Crippen LogP) is 5.50. The van der Waals surface area contributed by atoms with Crippen LogP contribution < -0.4 is 19.1 Å². The standard InChI is InChI=1S/C27H26N2O4S/c1-17-12-14-18(15-13-17)29-26(34)28(25(30)20-8-5-6-10-22(20)31-3)21-16-27(29,2)33-24-19(21)9-7-11-23(24)32-4/h5-15,21H,16H2,1-4H3/t21-,27+/m0/s1. The molecule has 2 aliphatic rings. The molecular formula is C27H26N2O4S. The summed E-state index contributed by atoms with van der Waals surface area (Å²) in [4.78, 5) is 17.7. The Labute approximate surface area is 204 Å². The van der Waals surface area contributed by atoms with E-state index in [1.54, 1.807) is 31.3 Å². The molecule has 0 N–H and O–H groups in total. The van der Waals surface area contributed by atoms with Crippen LogP contribution in [0.5, 0.6) is 17.2 Å². The third-order valence-electron chi connectivity index (χ3n) is 6.51. The van der Waals surface area contributed by atoms with Gasteiger partial charge < -0.3 is 14.2 Å². The van der Waals surface area contributed by atoms with Crippen molar-refractivity contribution in [3.8, 4) is 17.2 Å². The fraction of sp³-hybridized carbons (Fsp3) is 0.259. The number of para-hydroxylation sites is 2. The van der Waals surface area contributed by atoms with E-state index in [4.69, 9.17) is 26.4 Å². The Morgan fingerprint density at radius 3 is 2.38 bits per heavy atom. The fourth-order valence-corrected chi connectivity index (χ4v) is 5.37. The number of hydrogen-bond donors (Lipinski definition) is 0. The molecule has 1 amide bonds. The molecular weight excluding hydrogens is 448 g/mol. The normalized spacial score (nSPS) is 20.9. The SMILES string of the molecule is COc1ccccc1C(=O)N1C(=S)N(c2ccc(C)cc2)[C@@]2(C)C[C@H]1c1cccc(OC)c1O2. The molecule has 0 aliphatic carbocycles. The molecule has 0 unspecified atom stereocenters. The van der Waals surface area contributed by atoms with Gasteiger partial charge in [0, 0.05) is 17.7 Å². The Balaban J connectivity index is 1.71. The number of amides is 1. The Bertz CT molecular complexity index is 1280. The maximum Gasteiger partial charge on any atom is 0.264 e. The smallest absolute Gasteiger partial charge is 0.264 e. The van der Waals surface area contributed by atoms with Gasteiger partial charge >= 0.3 is 0 Å². The fourth-order valence-electron chi connectivity index (χ4n) is 4.86. The molecule has 2 aliphatic heterocycles. The van der Waals surface area contributed by atoms with E-state index in [9.17, 15) is 4.79 Å². The largest absolute Gasteiger partial charge is 0.496 e. The van der Waals surface area contributed by atoms with Crippen LogP contribution >= 0.6 is 12.2 Å². The van der Waals surface area contributed by atoms with Gasteiger partial charge in [-0.15, -0.1) is 0 Å². The first kappa shape index (κ1) is 22.2. The van der Waals surface area contributed by atoms with Crippen LogP contribution in [0.25, 0.3) is 0 Å². The van der Waals surface area contributed by atoms with Crippen molar-refractivity contribution in [1.82, 2.24) is 4.90 Å². The third kappa shape index (κ3) is 3.39. The highest BCUT2D eigenvalue weighted by Crippen LogP contribution is 2.52. The van der Waals surface area contributed by atoms with E-state index in [0.29, 0.717) is 34.3 Å². The lowest BCUT2D eigenvalue weighted by molar-refractivity contribution is 0.0161. The van der Waals surface area contributed by atoms with Gasteiger partial charge in [-0.1, -0.05) is 42.0 Å². The molecule has 2 bridgehead atoms. The van der Waals surface area contributed by atoms with Crippen molar-refractivity contribution in [2.75, 3.05) is 19.1 Å². The van der Waals surface area contributed by atoms with Crippen molar-refractivity contribution in [2.45, 2.75) is 32.0 Å². The van der Waals surface area contributed by atoms with E-state index in [1.165, 1.54) is 0 Å². The quantitative estimate of drug-likeness (QED) is 0.466. The van der Waals surface area contributed by atoms with E-state index in [-0.39, 0.29) is 11.9 Å². The summed E-state index contributed by atoms with van der Waals surface area (Å²) in [6.07, 6.45) is 0.530. The Morgan fingerprint density at radius 2 is 1.68 bits per heavy atom. The minimum atomic E-state index is -0.809. The van der Waals surface area contributed by atoms with E-state index >= 15 is 0 Å². The van der Waals surface area contributed by atoms with Crippen molar-refractivity contribution < 1.29 is 19.0 Å². The number of anilines is 1. The molecule has 34 heavy (non-hydrogen) atoms. The number of hydrogen-bond acceptors (Lipinski definition) is 5. The van der Waals surface area contributed by atoms with Gasteiger partial charge in [-0.2, -0.15) is 0 Å². The molecule has 0 aromatic heterocycles. The highest BCUT2D eigenvalue weighted by atomic mass is 32.1. The minimum Gasteiger partial charge on any atom is -0.496 e. The Kier molecular flexibility index (Phi) is 5.44. The zero-order valence-electron chi connectivity index (χ0n) is 19.6. The molecule has 1 fully saturated rings. The first-order chi connectivity index (χ1) is 16.4. The van der Waals surface area contributed by atoms with Crippen molar-refractivity contribution in [3.63, 3.8) is 0 Å². The van der Waals surface area contributed by atoms with Crippen LogP contribution in [-0.2, 0) is 0 Å². The molecule has 1 saturated heterocycles. The number of carbonyl (C=O) groups is 1. The van der Waals surface area contributed by atoms with Gasteiger partial charge in [0.05, 0.1) is 25.8 Å². The van der Waals surface area contributed by atoms with Crippen LogP contribution in [0.15, 0.2) is 66.7 Å². The zero-order chi connectivity index (χ0) is 24.0. The first-order valence-electron chi connectivity index (χ1n) is 11.1. The zero-order valence-corrected chi connectivity index (χ0v) is 20.4. The molecule has 2 atom stereocenters. The topological polar surface area (TPSA) is 51.2 Å². The number of aryl methyl sites for hydroxylation is 1. The van der Waals surface area contributed by atoms with Gasteiger partial charge in [0.15, 0.2) is 22.3 Å². The first-order valence-corrected chi connectivity index (χ1v) is 11.5. The monoisotopic (exact) mass is 474 g/mol. The second-order valence-electron chi connectivity index (χ2n) is 8.70. The molecule has 0 radical (unpaired) electrons. The van der Waals surface area contributed by atoms with E-state index in [2.05, 4.69) is 0 Å². The van der Waals surface area contributed by atoms with Crippen LogP contribution in [0.1, 0.15) is 40.9 Å². The molecule has 6 nitrogen and oxygen atoms in total. The van der Waals surface area contributed by atoms with Crippen LogP contribution in [0, 0.1) is 6.92 Å². The molecule has 0 spiro atoms. The summed E-state index contributed by atoms with van der Waals surface area (Å²) >= 11 is 6.01. The summed E-state index contributed by atoms with van der Waals surface area (Å²) in [5, 5.41) is 0.381. The molecule has 3 aromatic carbocycles. The summed E-state index contributed by atoms with van der Waals surface area (Å²) in [5.41, 5.74) is 2.50. The molecule has 174 valence electrons. The maximum absolute atomic E-state index is 14.0. The second kappa shape index (κ2) is 8.33. The van der Waals surface area contributed by atoms with Gasteiger partial charge in [0.25, 0.3) is 5.91 Å². The summed E-state index contributed by atoms with van der Waals surface area (Å²) in [5.74, 6) is 1.53. The highest BCUT2D eigenvalue weighted by Gasteiger charge is 2.54. The molecule has 7 heteroatoms.